The van der Waals surface area contributed by atoms with Gasteiger partial charge < -0.3 is 23.7 Å². The van der Waals surface area contributed by atoms with Crippen LogP contribution in [0.15, 0.2) is 12.1 Å². The fourth-order valence-electron chi connectivity index (χ4n) is 1.77. The maximum Gasteiger partial charge on any atom is 0.187 e. The average molecular weight is 270 g/mol. The van der Waals surface area contributed by atoms with Crippen LogP contribution < -0.4 is 14.2 Å². The predicted octanol–water partition coefficient (Wildman–Crippen LogP) is 2.78. The molecule has 1 aromatic carbocycles. The summed E-state index contributed by atoms with van der Waals surface area (Å²) in [4.78, 5) is 0. The Labute approximate surface area is 114 Å². The molecule has 0 fully saturated rings. The van der Waals surface area contributed by atoms with Crippen molar-refractivity contribution in [2.24, 2.45) is 0 Å². The molecule has 0 radical (unpaired) electrons. The zero-order valence-corrected chi connectivity index (χ0v) is 12.2. The van der Waals surface area contributed by atoms with E-state index >= 15 is 0 Å². The molecule has 108 valence electrons. The van der Waals surface area contributed by atoms with E-state index in [1.54, 1.807) is 27.4 Å². The number of hydrogen-bond acceptors (Lipinski definition) is 5. The van der Waals surface area contributed by atoms with E-state index in [-0.39, 0.29) is 0 Å². The smallest absolute Gasteiger partial charge is 0.187 e. The lowest BCUT2D eigenvalue weighted by molar-refractivity contribution is -0.141. The van der Waals surface area contributed by atoms with Crippen molar-refractivity contribution in [2.45, 2.75) is 20.1 Å². The second-order valence-electron chi connectivity index (χ2n) is 3.69. The van der Waals surface area contributed by atoms with Gasteiger partial charge in [0.1, 0.15) is 5.75 Å². The van der Waals surface area contributed by atoms with Crippen molar-refractivity contribution in [2.75, 3.05) is 34.5 Å². The van der Waals surface area contributed by atoms with Gasteiger partial charge in [0.15, 0.2) is 17.8 Å². The van der Waals surface area contributed by atoms with E-state index in [1.165, 1.54) is 0 Å². The van der Waals surface area contributed by atoms with Gasteiger partial charge in [0.25, 0.3) is 0 Å². The van der Waals surface area contributed by atoms with Crippen LogP contribution in [-0.4, -0.2) is 34.5 Å². The van der Waals surface area contributed by atoms with E-state index in [1.807, 2.05) is 19.9 Å². The summed E-state index contributed by atoms with van der Waals surface area (Å²) in [6.45, 7) is 4.92. The van der Waals surface area contributed by atoms with Crippen molar-refractivity contribution < 1.29 is 23.7 Å². The Morgan fingerprint density at radius 3 is 1.68 bits per heavy atom. The van der Waals surface area contributed by atoms with Gasteiger partial charge in [-0.1, -0.05) is 0 Å². The van der Waals surface area contributed by atoms with Crippen molar-refractivity contribution in [3.63, 3.8) is 0 Å². The molecule has 0 heterocycles. The number of benzene rings is 1. The van der Waals surface area contributed by atoms with Crippen LogP contribution in [-0.2, 0) is 9.47 Å². The van der Waals surface area contributed by atoms with E-state index in [4.69, 9.17) is 23.7 Å². The fourth-order valence-corrected chi connectivity index (χ4v) is 1.77. The topological polar surface area (TPSA) is 46.2 Å². The van der Waals surface area contributed by atoms with Crippen LogP contribution in [0.4, 0.5) is 0 Å². The molecule has 0 aliphatic heterocycles. The summed E-state index contributed by atoms with van der Waals surface area (Å²) in [5.41, 5.74) is 0.781. The first-order valence-electron chi connectivity index (χ1n) is 6.24. The predicted molar refractivity (Wildman–Crippen MR) is 72.1 cm³/mol. The molecular weight excluding hydrogens is 248 g/mol. The third-order valence-corrected chi connectivity index (χ3v) is 2.63. The van der Waals surface area contributed by atoms with Gasteiger partial charge in [-0.25, -0.2) is 0 Å². The van der Waals surface area contributed by atoms with Crippen molar-refractivity contribution in [3.05, 3.63) is 17.7 Å². The third kappa shape index (κ3) is 3.75. The molecular formula is C14H22O5. The zero-order chi connectivity index (χ0) is 14.3. The normalized spacial score (nSPS) is 10.6. The molecule has 0 aliphatic carbocycles. The van der Waals surface area contributed by atoms with Crippen molar-refractivity contribution in [1.82, 2.24) is 0 Å². The summed E-state index contributed by atoms with van der Waals surface area (Å²) in [5.74, 6) is 1.86. The van der Waals surface area contributed by atoms with Crippen molar-refractivity contribution in [3.8, 4) is 17.2 Å². The van der Waals surface area contributed by atoms with Crippen LogP contribution in [0.2, 0.25) is 0 Å². The highest BCUT2D eigenvalue weighted by Gasteiger charge is 2.20. The highest BCUT2D eigenvalue weighted by Crippen LogP contribution is 2.38. The lowest BCUT2D eigenvalue weighted by Crippen LogP contribution is -2.11. The number of ether oxygens (including phenoxy) is 5. The van der Waals surface area contributed by atoms with E-state index < -0.39 is 6.29 Å². The first-order valence-corrected chi connectivity index (χ1v) is 6.24. The number of methoxy groups -OCH3 is 3. The molecule has 0 atom stereocenters. The molecule has 0 aromatic heterocycles. The Morgan fingerprint density at radius 2 is 1.26 bits per heavy atom. The van der Waals surface area contributed by atoms with Crippen LogP contribution in [0, 0.1) is 0 Å². The van der Waals surface area contributed by atoms with E-state index in [0.717, 1.165) is 5.56 Å². The minimum Gasteiger partial charge on any atom is -0.496 e. The van der Waals surface area contributed by atoms with E-state index in [2.05, 4.69) is 0 Å². The third-order valence-electron chi connectivity index (χ3n) is 2.63. The molecule has 5 heteroatoms. The quantitative estimate of drug-likeness (QED) is 0.680. The van der Waals surface area contributed by atoms with Crippen LogP contribution in [0.25, 0.3) is 0 Å². The van der Waals surface area contributed by atoms with Crippen LogP contribution in [0.3, 0.4) is 0 Å². The Hall–Kier alpha value is -1.46. The highest BCUT2D eigenvalue weighted by molar-refractivity contribution is 5.51. The number of hydrogen-bond donors (Lipinski definition) is 0. The molecule has 0 unspecified atom stereocenters. The SMILES string of the molecule is CCOC(OCC)c1cc(OC)c(OC)cc1OC. The second kappa shape index (κ2) is 7.86. The average Bonchev–Trinajstić information content (AvgIpc) is 2.45. The van der Waals surface area contributed by atoms with Gasteiger partial charge in [0, 0.05) is 19.3 Å². The lowest BCUT2D eigenvalue weighted by Gasteiger charge is -2.21. The Kier molecular flexibility index (Phi) is 6.45. The molecule has 0 N–H and O–H groups in total. The summed E-state index contributed by atoms with van der Waals surface area (Å²) in [5, 5.41) is 0. The summed E-state index contributed by atoms with van der Waals surface area (Å²) in [6, 6.07) is 3.58. The first kappa shape index (κ1) is 15.6. The van der Waals surface area contributed by atoms with E-state index in [0.29, 0.717) is 30.5 Å². The summed E-state index contributed by atoms with van der Waals surface area (Å²) in [7, 11) is 4.77. The Morgan fingerprint density at radius 1 is 0.789 bits per heavy atom. The molecule has 5 nitrogen and oxygen atoms in total. The molecule has 0 saturated carbocycles. The van der Waals surface area contributed by atoms with Crippen LogP contribution >= 0.6 is 0 Å². The van der Waals surface area contributed by atoms with Gasteiger partial charge in [-0.3, -0.25) is 0 Å². The Bertz CT molecular complexity index is 386. The monoisotopic (exact) mass is 270 g/mol. The fraction of sp³-hybridized carbons (Fsp3) is 0.571. The highest BCUT2D eigenvalue weighted by atomic mass is 16.7. The van der Waals surface area contributed by atoms with Crippen LogP contribution in [0.5, 0.6) is 17.2 Å². The van der Waals surface area contributed by atoms with E-state index in [9.17, 15) is 0 Å². The molecule has 0 bridgehead atoms. The minimum atomic E-state index is -0.482. The lowest BCUT2D eigenvalue weighted by atomic mass is 10.1. The first-order chi connectivity index (χ1) is 9.21. The van der Waals surface area contributed by atoms with Gasteiger partial charge >= 0.3 is 0 Å². The maximum atomic E-state index is 5.59. The Balaban J connectivity index is 3.21. The van der Waals surface area contributed by atoms with Gasteiger partial charge in [-0.15, -0.1) is 0 Å². The summed E-state index contributed by atoms with van der Waals surface area (Å²) in [6.07, 6.45) is -0.482. The summed E-state index contributed by atoms with van der Waals surface area (Å²) < 4.78 is 27.1. The van der Waals surface area contributed by atoms with Gasteiger partial charge in [-0.05, 0) is 19.9 Å². The molecule has 0 saturated heterocycles. The minimum absolute atomic E-state index is 0.482. The standard InChI is InChI=1S/C14H22O5/c1-6-18-14(19-7-2)10-8-12(16-4)13(17-5)9-11(10)15-3/h8-9,14H,6-7H2,1-5H3. The molecule has 0 aliphatic rings. The molecule has 1 aromatic rings. The van der Waals surface area contributed by atoms with Crippen LogP contribution in [0.1, 0.15) is 25.7 Å². The van der Waals surface area contributed by atoms with Crippen molar-refractivity contribution in [1.29, 1.82) is 0 Å². The largest absolute Gasteiger partial charge is 0.496 e. The molecule has 0 spiro atoms. The summed E-state index contributed by atoms with van der Waals surface area (Å²) >= 11 is 0. The molecule has 19 heavy (non-hydrogen) atoms. The molecule has 0 amide bonds. The zero-order valence-electron chi connectivity index (χ0n) is 12.2. The van der Waals surface area contributed by atoms with Gasteiger partial charge in [0.2, 0.25) is 0 Å². The number of rotatable bonds is 8. The molecule has 1 rings (SSSR count). The van der Waals surface area contributed by atoms with Gasteiger partial charge in [-0.2, -0.15) is 0 Å². The van der Waals surface area contributed by atoms with Crippen molar-refractivity contribution >= 4 is 0 Å². The second-order valence-corrected chi connectivity index (χ2v) is 3.69. The maximum absolute atomic E-state index is 5.59. The van der Waals surface area contributed by atoms with Gasteiger partial charge in [0.05, 0.1) is 26.9 Å².